The summed E-state index contributed by atoms with van der Waals surface area (Å²) in [5.41, 5.74) is 2.62. The molecular weight excluding hydrogens is 248 g/mol. The lowest BCUT2D eigenvalue weighted by Gasteiger charge is -2.34. The highest BCUT2D eigenvalue weighted by Crippen LogP contribution is 2.38. The molecule has 0 spiro atoms. The fourth-order valence-electron chi connectivity index (χ4n) is 2.27. The summed E-state index contributed by atoms with van der Waals surface area (Å²) in [5, 5.41) is 3.13. The van der Waals surface area contributed by atoms with Crippen LogP contribution in [0.1, 0.15) is 32.1 Å². The molecule has 18 heavy (non-hydrogen) atoms. The van der Waals surface area contributed by atoms with E-state index in [0.717, 1.165) is 6.54 Å². The average Bonchev–Trinajstić information content (AvgIpc) is 2.43. The fraction of sp³-hybridized carbons (Fsp3) is 0.917. The van der Waals surface area contributed by atoms with Gasteiger partial charge >= 0.3 is 0 Å². The third-order valence-electron chi connectivity index (χ3n) is 3.46. The van der Waals surface area contributed by atoms with Crippen molar-refractivity contribution in [3.8, 4) is 0 Å². The molecule has 0 unspecified atom stereocenters. The number of nitrogens with zero attached hydrogens (tertiary/aromatic N) is 1. The third-order valence-corrected chi connectivity index (χ3v) is 4.86. The number of ether oxygens (including phenoxy) is 1. The zero-order chi connectivity index (χ0) is 13.3. The van der Waals surface area contributed by atoms with Gasteiger partial charge in [-0.05, 0) is 19.1 Å². The van der Waals surface area contributed by atoms with E-state index in [-0.39, 0.29) is 0 Å². The monoisotopic (exact) mass is 274 g/mol. The van der Waals surface area contributed by atoms with E-state index in [4.69, 9.17) is 10.6 Å². The predicted octanol–water partition coefficient (Wildman–Crippen LogP) is 1.11. The van der Waals surface area contributed by atoms with Gasteiger partial charge in [0.25, 0.3) is 0 Å². The van der Waals surface area contributed by atoms with E-state index in [0.29, 0.717) is 23.9 Å². The van der Waals surface area contributed by atoms with E-state index in [2.05, 4.69) is 22.0 Å². The third kappa shape index (κ3) is 5.04. The van der Waals surface area contributed by atoms with Gasteiger partial charge in [0.2, 0.25) is 5.96 Å². The number of aliphatic imine (C=N–C) groups is 1. The highest BCUT2D eigenvalue weighted by atomic mass is 32.2. The van der Waals surface area contributed by atoms with Crippen molar-refractivity contribution >= 4 is 17.7 Å². The number of rotatable bonds is 6. The van der Waals surface area contributed by atoms with Crippen LogP contribution in [0.5, 0.6) is 0 Å². The Balaban J connectivity index is 2.46. The van der Waals surface area contributed by atoms with Gasteiger partial charge in [0, 0.05) is 18.4 Å². The second-order valence-corrected chi connectivity index (χ2v) is 5.95. The van der Waals surface area contributed by atoms with E-state index >= 15 is 0 Å². The maximum Gasteiger partial charge on any atom is 0.205 e. The Labute approximate surface area is 114 Å². The number of nitrogens with two attached hydrogens (primary N) is 1. The second-order valence-electron chi connectivity index (χ2n) is 4.68. The number of hydrogen-bond donors (Lipinski definition) is 3. The number of methoxy groups -OCH3 is 1. The van der Waals surface area contributed by atoms with Gasteiger partial charge in [-0.2, -0.15) is 11.8 Å². The summed E-state index contributed by atoms with van der Waals surface area (Å²) < 4.78 is 5.29. The van der Waals surface area contributed by atoms with Gasteiger partial charge in [-0.15, -0.1) is 0 Å². The first-order chi connectivity index (χ1) is 8.76. The van der Waals surface area contributed by atoms with Crippen molar-refractivity contribution in [3.63, 3.8) is 0 Å². The number of hydrogen-bond acceptors (Lipinski definition) is 4. The van der Waals surface area contributed by atoms with Crippen LogP contribution in [0, 0.1) is 0 Å². The van der Waals surface area contributed by atoms with Crippen molar-refractivity contribution in [3.05, 3.63) is 0 Å². The van der Waals surface area contributed by atoms with Gasteiger partial charge in [-0.25, -0.2) is 5.84 Å². The molecule has 1 fully saturated rings. The Hall–Kier alpha value is -0.460. The minimum Gasteiger partial charge on any atom is -0.383 e. The minimum absolute atomic E-state index is 0.309. The largest absolute Gasteiger partial charge is 0.383 e. The van der Waals surface area contributed by atoms with Crippen LogP contribution in [0.15, 0.2) is 4.99 Å². The molecule has 0 radical (unpaired) electrons. The molecule has 0 aromatic rings. The molecule has 1 aliphatic rings. The maximum atomic E-state index is 5.46. The molecule has 106 valence electrons. The average molecular weight is 274 g/mol. The van der Waals surface area contributed by atoms with Crippen LogP contribution in [0.3, 0.4) is 0 Å². The molecule has 0 saturated heterocycles. The van der Waals surface area contributed by atoms with E-state index in [1.807, 2.05) is 11.8 Å². The van der Waals surface area contributed by atoms with Crippen LogP contribution < -0.4 is 16.6 Å². The first kappa shape index (κ1) is 15.6. The fourth-order valence-corrected chi connectivity index (χ4v) is 3.16. The van der Waals surface area contributed by atoms with E-state index < -0.39 is 0 Å². The molecule has 0 bridgehead atoms. The van der Waals surface area contributed by atoms with E-state index in [1.165, 1.54) is 32.1 Å². The van der Waals surface area contributed by atoms with Crippen LogP contribution in [-0.2, 0) is 4.74 Å². The molecule has 1 aliphatic carbocycles. The molecule has 0 heterocycles. The zero-order valence-electron chi connectivity index (χ0n) is 11.5. The van der Waals surface area contributed by atoms with Crippen molar-refractivity contribution in [1.29, 1.82) is 0 Å². The minimum atomic E-state index is 0.309. The highest BCUT2D eigenvalue weighted by molar-refractivity contribution is 8.00. The van der Waals surface area contributed by atoms with E-state index in [1.54, 1.807) is 7.11 Å². The summed E-state index contributed by atoms with van der Waals surface area (Å²) in [6, 6.07) is 0. The Kier molecular flexibility index (Phi) is 7.46. The summed E-state index contributed by atoms with van der Waals surface area (Å²) >= 11 is 1.95. The second kappa shape index (κ2) is 8.61. The highest BCUT2D eigenvalue weighted by Gasteiger charge is 2.30. The molecule has 5 nitrogen and oxygen atoms in total. The Morgan fingerprint density at radius 2 is 2.11 bits per heavy atom. The molecule has 1 rings (SSSR count). The first-order valence-corrected chi connectivity index (χ1v) is 7.78. The number of nitrogens with one attached hydrogen (secondary N) is 2. The SMILES string of the molecule is COCCNC(=NCC1(SC)CCCCC1)NN. The van der Waals surface area contributed by atoms with E-state index in [9.17, 15) is 0 Å². The van der Waals surface area contributed by atoms with Crippen molar-refractivity contribution in [2.24, 2.45) is 10.8 Å². The molecular formula is C12H26N4OS. The van der Waals surface area contributed by atoms with Crippen molar-refractivity contribution in [2.75, 3.05) is 33.1 Å². The molecule has 1 saturated carbocycles. The van der Waals surface area contributed by atoms with Gasteiger partial charge in [-0.3, -0.25) is 10.4 Å². The Morgan fingerprint density at radius 3 is 2.67 bits per heavy atom. The van der Waals surface area contributed by atoms with Crippen LogP contribution in [0.25, 0.3) is 0 Å². The van der Waals surface area contributed by atoms with Gasteiger partial charge in [-0.1, -0.05) is 19.3 Å². The molecule has 0 aromatic heterocycles. The number of guanidine groups is 1. The van der Waals surface area contributed by atoms with Gasteiger partial charge in [0.1, 0.15) is 0 Å². The molecule has 0 aliphatic heterocycles. The number of thioether (sulfide) groups is 1. The Morgan fingerprint density at radius 1 is 1.39 bits per heavy atom. The van der Waals surface area contributed by atoms with Gasteiger partial charge in [0.05, 0.1) is 13.2 Å². The van der Waals surface area contributed by atoms with Crippen molar-refractivity contribution < 1.29 is 4.74 Å². The quantitative estimate of drug-likeness (QED) is 0.222. The summed E-state index contributed by atoms with van der Waals surface area (Å²) in [4.78, 5) is 4.57. The molecule has 0 amide bonds. The molecule has 0 aromatic carbocycles. The maximum absolute atomic E-state index is 5.46. The topological polar surface area (TPSA) is 71.7 Å². The smallest absolute Gasteiger partial charge is 0.205 e. The lowest BCUT2D eigenvalue weighted by Crippen LogP contribution is -2.44. The van der Waals surface area contributed by atoms with Gasteiger partial charge in [0.15, 0.2) is 0 Å². The summed E-state index contributed by atoms with van der Waals surface area (Å²) in [5.74, 6) is 6.12. The van der Waals surface area contributed by atoms with Crippen molar-refractivity contribution in [2.45, 2.75) is 36.9 Å². The van der Waals surface area contributed by atoms with Gasteiger partial charge < -0.3 is 10.1 Å². The first-order valence-electron chi connectivity index (χ1n) is 6.55. The van der Waals surface area contributed by atoms with Crippen LogP contribution >= 0.6 is 11.8 Å². The summed E-state index contributed by atoms with van der Waals surface area (Å²) in [6.07, 6.45) is 8.70. The van der Waals surface area contributed by atoms with Crippen LogP contribution in [-0.4, -0.2) is 43.8 Å². The molecule has 4 N–H and O–H groups in total. The van der Waals surface area contributed by atoms with Crippen molar-refractivity contribution in [1.82, 2.24) is 10.7 Å². The van der Waals surface area contributed by atoms with Crippen LogP contribution in [0.4, 0.5) is 0 Å². The summed E-state index contributed by atoms with van der Waals surface area (Å²) in [6.45, 7) is 2.19. The zero-order valence-corrected chi connectivity index (χ0v) is 12.3. The lowest BCUT2D eigenvalue weighted by atomic mass is 9.88. The molecule has 6 heteroatoms. The lowest BCUT2D eigenvalue weighted by molar-refractivity contribution is 0.203. The van der Waals surface area contributed by atoms with Crippen LogP contribution in [0.2, 0.25) is 0 Å². The standard InChI is InChI=1S/C12H26N4OS/c1-17-9-8-14-11(16-13)15-10-12(18-2)6-4-3-5-7-12/h3-10,13H2,1-2H3,(H2,14,15,16). The summed E-state index contributed by atoms with van der Waals surface area (Å²) in [7, 11) is 1.68. The Bertz CT molecular complexity index is 254. The normalized spacial score (nSPS) is 19.6. The predicted molar refractivity (Wildman–Crippen MR) is 78.8 cm³/mol. The number of hydrazine groups is 1. The molecule has 0 atom stereocenters.